The van der Waals surface area contributed by atoms with E-state index in [1.54, 1.807) is 36.0 Å². The van der Waals surface area contributed by atoms with Gasteiger partial charge >= 0.3 is 11.1 Å². The zero-order valence-corrected chi connectivity index (χ0v) is 15.7. The second-order valence-electron chi connectivity index (χ2n) is 6.14. The first-order chi connectivity index (χ1) is 13.5. The Kier molecular flexibility index (Phi) is 4.54. The number of ether oxygens (including phenoxy) is 1. The molecule has 4 rings (SSSR count). The molecule has 9 nitrogen and oxygen atoms in total. The van der Waals surface area contributed by atoms with Crippen LogP contribution < -0.4 is 11.1 Å². The number of rotatable bonds is 4. The van der Waals surface area contributed by atoms with Gasteiger partial charge in [0.25, 0.3) is 0 Å². The Morgan fingerprint density at radius 2 is 2.00 bits per heavy atom. The maximum absolute atomic E-state index is 12.0. The van der Waals surface area contributed by atoms with Crippen molar-refractivity contribution in [1.29, 1.82) is 0 Å². The average Bonchev–Trinajstić information content (AvgIpc) is 3.09. The third kappa shape index (κ3) is 2.90. The fourth-order valence-electron chi connectivity index (χ4n) is 3.02. The lowest BCUT2D eigenvalue weighted by Crippen LogP contribution is -2.29. The van der Waals surface area contributed by atoms with Gasteiger partial charge in [0.05, 0.1) is 21.7 Å². The van der Waals surface area contributed by atoms with Crippen LogP contribution >= 0.6 is 11.6 Å². The molecule has 0 saturated carbocycles. The first-order valence-corrected chi connectivity index (χ1v) is 8.68. The number of aryl methyl sites for hydroxylation is 1. The van der Waals surface area contributed by atoms with Crippen LogP contribution in [-0.2, 0) is 11.3 Å². The van der Waals surface area contributed by atoms with Crippen molar-refractivity contribution >= 4 is 22.6 Å². The van der Waals surface area contributed by atoms with Gasteiger partial charge in [-0.05, 0) is 30.7 Å². The number of halogens is 1. The molecule has 0 radical (unpaired) electrons. The Hall–Kier alpha value is -3.30. The summed E-state index contributed by atoms with van der Waals surface area (Å²) in [6, 6.07) is 5.31. The van der Waals surface area contributed by atoms with Crippen LogP contribution in [0.1, 0.15) is 11.4 Å². The van der Waals surface area contributed by atoms with Crippen molar-refractivity contribution in [2.75, 3.05) is 7.11 Å². The number of aromatic amines is 2. The Morgan fingerprint density at radius 3 is 2.71 bits per heavy atom. The molecule has 0 aliphatic carbocycles. The summed E-state index contributed by atoms with van der Waals surface area (Å²) >= 11 is 6.64. The summed E-state index contributed by atoms with van der Waals surface area (Å²) in [5, 5.41) is 8.87. The van der Waals surface area contributed by atoms with Crippen molar-refractivity contribution in [2.45, 2.75) is 13.5 Å². The highest BCUT2D eigenvalue weighted by atomic mass is 35.5. The molecule has 10 heteroatoms. The van der Waals surface area contributed by atoms with Crippen LogP contribution in [0.15, 0.2) is 40.2 Å². The molecule has 3 heterocycles. The van der Waals surface area contributed by atoms with Gasteiger partial charge in [-0.15, -0.1) is 10.2 Å². The number of fused-ring (bicyclic) bond motifs is 1. The maximum atomic E-state index is 12.0. The molecule has 0 amide bonds. The predicted octanol–water partition coefficient (Wildman–Crippen LogP) is 1.97. The number of hydrogen-bond donors (Lipinski definition) is 2. The largest absolute Gasteiger partial charge is 0.377 e. The Morgan fingerprint density at radius 1 is 1.21 bits per heavy atom. The Balaban J connectivity index is 2.15. The number of H-pyrrole nitrogens is 2. The van der Waals surface area contributed by atoms with E-state index in [1.807, 2.05) is 6.07 Å². The van der Waals surface area contributed by atoms with Gasteiger partial charge < -0.3 is 14.7 Å². The summed E-state index contributed by atoms with van der Waals surface area (Å²) in [7, 11) is 1.54. The highest BCUT2D eigenvalue weighted by molar-refractivity contribution is 6.34. The average molecular weight is 399 g/mol. The fourth-order valence-corrected chi connectivity index (χ4v) is 3.25. The van der Waals surface area contributed by atoms with Crippen molar-refractivity contribution in [2.24, 2.45) is 0 Å². The second kappa shape index (κ2) is 7.02. The number of methoxy groups -OCH3 is 1. The van der Waals surface area contributed by atoms with Crippen LogP contribution in [0.3, 0.4) is 0 Å². The van der Waals surface area contributed by atoms with Gasteiger partial charge in [-0.2, -0.15) is 0 Å². The molecule has 0 spiro atoms. The van der Waals surface area contributed by atoms with Crippen LogP contribution in [0.25, 0.3) is 28.1 Å². The standard InChI is InChI=1S/C18H15ClN6O3/c1-9-6-11-14(22-18(27)17(26)21-11)15(13(9)19)25-12(8-28-2)23-24-16(25)10-4-3-5-20-7-10/h3-7H,8H2,1-2H3,(H,21,26)(H,22,27). The molecule has 4 aromatic rings. The van der Waals surface area contributed by atoms with E-state index in [1.165, 1.54) is 7.11 Å². The van der Waals surface area contributed by atoms with E-state index < -0.39 is 11.1 Å². The van der Waals surface area contributed by atoms with Gasteiger partial charge in [-0.3, -0.25) is 19.1 Å². The van der Waals surface area contributed by atoms with Gasteiger partial charge in [0.2, 0.25) is 0 Å². The van der Waals surface area contributed by atoms with Crippen LogP contribution in [-0.4, -0.2) is 36.8 Å². The first kappa shape index (κ1) is 18.1. The molecule has 0 fully saturated rings. The van der Waals surface area contributed by atoms with E-state index in [9.17, 15) is 9.59 Å². The number of nitrogens with one attached hydrogen (secondary N) is 2. The van der Waals surface area contributed by atoms with Gasteiger partial charge in [0.1, 0.15) is 6.61 Å². The molecule has 0 unspecified atom stereocenters. The van der Waals surface area contributed by atoms with Gasteiger partial charge in [-0.25, -0.2) is 0 Å². The molecule has 0 bridgehead atoms. The number of benzene rings is 1. The number of pyridine rings is 1. The lowest BCUT2D eigenvalue weighted by Gasteiger charge is -2.16. The summed E-state index contributed by atoms with van der Waals surface area (Å²) in [4.78, 5) is 33.1. The smallest absolute Gasteiger partial charge is 0.314 e. The lowest BCUT2D eigenvalue weighted by atomic mass is 10.1. The number of aromatic nitrogens is 6. The predicted molar refractivity (Wildman–Crippen MR) is 104 cm³/mol. The molecular formula is C18H15ClN6O3. The minimum atomic E-state index is -0.780. The molecule has 28 heavy (non-hydrogen) atoms. The normalized spacial score (nSPS) is 11.2. The zero-order chi connectivity index (χ0) is 19.8. The van der Waals surface area contributed by atoms with Crippen LogP contribution in [0.2, 0.25) is 5.02 Å². The third-order valence-corrected chi connectivity index (χ3v) is 4.74. The fraction of sp³-hybridized carbons (Fsp3) is 0.167. The molecule has 0 aliphatic rings. The minimum absolute atomic E-state index is 0.159. The van der Waals surface area contributed by atoms with Crippen molar-refractivity contribution in [1.82, 2.24) is 29.7 Å². The molecule has 1 aromatic carbocycles. The number of nitrogens with zero attached hydrogens (tertiary/aromatic N) is 4. The molecule has 0 atom stereocenters. The van der Waals surface area contributed by atoms with Crippen molar-refractivity contribution in [3.63, 3.8) is 0 Å². The monoisotopic (exact) mass is 398 g/mol. The third-order valence-electron chi connectivity index (χ3n) is 4.26. The first-order valence-electron chi connectivity index (χ1n) is 8.30. The molecule has 2 N–H and O–H groups in total. The maximum Gasteiger partial charge on any atom is 0.314 e. The van der Waals surface area contributed by atoms with Crippen LogP contribution in [0, 0.1) is 6.92 Å². The van der Waals surface area contributed by atoms with Gasteiger partial charge in [0, 0.05) is 25.1 Å². The van der Waals surface area contributed by atoms with E-state index in [2.05, 4.69) is 25.1 Å². The van der Waals surface area contributed by atoms with Crippen molar-refractivity contribution in [3.05, 3.63) is 67.7 Å². The SMILES string of the molecule is COCc1nnc(-c2cccnc2)n1-c1c(Cl)c(C)cc2[nH]c(=O)c(=O)[nH]c12. The minimum Gasteiger partial charge on any atom is -0.377 e. The van der Waals surface area contributed by atoms with E-state index in [0.717, 1.165) is 0 Å². The summed E-state index contributed by atoms with van der Waals surface area (Å²) in [5.41, 5.74) is 1.14. The van der Waals surface area contributed by atoms with Gasteiger partial charge in [-0.1, -0.05) is 11.6 Å². The second-order valence-corrected chi connectivity index (χ2v) is 6.51. The Bertz CT molecular complexity index is 1290. The summed E-state index contributed by atoms with van der Waals surface area (Å²) in [5.74, 6) is 0.947. The summed E-state index contributed by atoms with van der Waals surface area (Å²) < 4.78 is 6.95. The van der Waals surface area contributed by atoms with Crippen LogP contribution in [0.4, 0.5) is 0 Å². The van der Waals surface area contributed by atoms with Crippen molar-refractivity contribution in [3.8, 4) is 17.1 Å². The van der Waals surface area contributed by atoms with E-state index in [0.29, 0.717) is 44.5 Å². The highest BCUT2D eigenvalue weighted by Crippen LogP contribution is 2.34. The summed E-state index contributed by atoms with van der Waals surface area (Å²) in [6.07, 6.45) is 3.30. The Labute approximate surface area is 163 Å². The number of hydrogen-bond acceptors (Lipinski definition) is 6. The topological polar surface area (TPSA) is 119 Å². The molecule has 142 valence electrons. The molecule has 0 saturated heterocycles. The van der Waals surface area contributed by atoms with Crippen molar-refractivity contribution < 1.29 is 4.74 Å². The molecule has 3 aromatic heterocycles. The van der Waals surface area contributed by atoms with Crippen LogP contribution in [0.5, 0.6) is 0 Å². The summed E-state index contributed by atoms with van der Waals surface area (Å²) in [6.45, 7) is 1.96. The molecular weight excluding hydrogens is 384 g/mol. The van der Waals surface area contributed by atoms with E-state index in [-0.39, 0.29) is 6.61 Å². The van der Waals surface area contributed by atoms with E-state index in [4.69, 9.17) is 16.3 Å². The highest BCUT2D eigenvalue weighted by Gasteiger charge is 2.22. The van der Waals surface area contributed by atoms with E-state index >= 15 is 0 Å². The molecule has 0 aliphatic heterocycles. The van der Waals surface area contributed by atoms with Gasteiger partial charge in [0.15, 0.2) is 11.6 Å². The zero-order valence-electron chi connectivity index (χ0n) is 15.0. The quantitative estimate of drug-likeness (QED) is 0.507. The lowest BCUT2D eigenvalue weighted by molar-refractivity contribution is 0.176.